The van der Waals surface area contributed by atoms with E-state index in [-0.39, 0.29) is 0 Å². The summed E-state index contributed by atoms with van der Waals surface area (Å²) in [5, 5.41) is 11.0. The Hall–Kier alpha value is -1.29. The highest BCUT2D eigenvalue weighted by atomic mass is 32.1. The van der Waals surface area contributed by atoms with E-state index in [4.69, 9.17) is 9.84 Å². The van der Waals surface area contributed by atoms with Gasteiger partial charge in [-0.1, -0.05) is 0 Å². The van der Waals surface area contributed by atoms with Crippen molar-refractivity contribution in [1.82, 2.24) is 0 Å². The zero-order valence-electron chi connectivity index (χ0n) is 7.19. The molecule has 0 bridgehead atoms. The first-order valence-electron chi connectivity index (χ1n) is 3.85. The minimum atomic E-state index is -0.950. The van der Waals surface area contributed by atoms with Crippen molar-refractivity contribution in [3.8, 4) is 5.06 Å². The molecule has 0 fully saturated rings. The molecule has 0 saturated heterocycles. The van der Waals surface area contributed by atoms with Crippen LogP contribution in [0.5, 0.6) is 5.06 Å². The van der Waals surface area contributed by atoms with E-state index in [0.29, 0.717) is 6.61 Å². The number of carboxylic acids is 1. The molecule has 1 aromatic heterocycles. The zero-order chi connectivity index (χ0) is 9.68. The van der Waals surface area contributed by atoms with Crippen molar-refractivity contribution in [2.45, 2.75) is 6.92 Å². The number of hydrogen-bond donors (Lipinski definition) is 1. The Morgan fingerprint density at radius 1 is 1.77 bits per heavy atom. The second kappa shape index (κ2) is 4.67. The van der Waals surface area contributed by atoms with Crippen LogP contribution in [0.4, 0.5) is 0 Å². The average Bonchev–Trinajstić information content (AvgIpc) is 2.49. The third-order valence-electron chi connectivity index (χ3n) is 1.34. The second-order valence-corrected chi connectivity index (χ2v) is 3.15. The predicted octanol–water partition coefficient (Wildman–Crippen LogP) is 2.24. The molecule has 13 heavy (non-hydrogen) atoms. The molecule has 1 heterocycles. The van der Waals surface area contributed by atoms with Gasteiger partial charge in [0.1, 0.15) is 0 Å². The first-order valence-corrected chi connectivity index (χ1v) is 4.73. The fourth-order valence-corrected chi connectivity index (χ4v) is 1.63. The van der Waals surface area contributed by atoms with Crippen LogP contribution in [0.3, 0.4) is 0 Å². The molecule has 1 rings (SSSR count). The molecule has 0 aliphatic heterocycles. The van der Waals surface area contributed by atoms with Crippen molar-refractivity contribution >= 4 is 23.4 Å². The number of thiophene rings is 1. The average molecular weight is 198 g/mol. The summed E-state index contributed by atoms with van der Waals surface area (Å²) in [6.07, 6.45) is 2.63. The van der Waals surface area contributed by atoms with Crippen LogP contribution in [0.25, 0.3) is 6.08 Å². The van der Waals surface area contributed by atoms with Gasteiger partial charge < -0.3 is 9.84 Å². The topological polar surface area (TPSA) is 46.5 Å². The molecule has 0 atom stereocenters. The minimum Gasteiger partial charge on any atom is -0.484 e. The maximum absolute atomic E-state index is 10.2. The number of aliphatic carboxylic acids is 1. The molecule has 4 heteroatoms. The molecular weight excluding hydrogens is 188 g/mol. The van der Waals surface area contributed by atoms with E-state index in [1.807, 2.05) is 18.4 Å². The van der Waals surface area contributed by atoms with Gasteiger partial charge in [0.2, 0.25) is 0 Å². The van der Waals surface area contributed by atoms with Crippen LogP contribution in [-0.2, 0) is 4.79 Å². The van der Waals surface area contributed by atoms with E-state index < -0.39 is 5.97 Å². The summed E-state index contributed by atoms with van der Waals surface area (Å²) in [4.78, 5) is 10.2. The lowest BCUT2D eigenvalue weighted by atomic mass is 10.3. The summed E-state index contributed by atoms with van der Waals surface area (Å²) in [6.45, 7) is 2.48. The Bertz CT molecular complexity index is 314. The number of rotatable bonds is 4. The van der Waals surface area contributed by atoms with Gasteiger partial charge in [-0.3, -0.25) is 0 Å². The standard InChI is InChI=1S/C9H10O3S/c1-2-12-9-7(5-6-13-9)3-4-8(10)11/h3-6H,2H2,1H3,(H,10,11). The second-order valence-electron chi connectivity index (χ2n) is 2.27. The van der Waals surface area contributed by atoms with Gasteiger partial charge in [0.05, 0.1) is 6.61 Å². The van der Waals surface area contributed by atoms with Gasteiger partial charge in [0.15, 0.2) is 5.06 Å². The maximum Gasteiger partial charge on any atom is 0.328 e. The van der Waals surface area contributed by atoms with Crippen LogP contribution in [0.15, 0.2) is 17.5 Å². The van der Waals surface area contributed by atoms with Gasteiger partial charge in [-0.25, -0.2) is 4.79 Å². The lowest BCUT2D eigenvalue weighted by molar-refractivity contribution is -0.131. The van der Waals surface area contributed by atoms with E-state index >= 15 is 0 Å². The van der Waals surface area contributed by atoms with Gasteiger partial charge in [-0.05, 0) is 24.4 Å². The van der Waals surface area contributed by atoms with Crippen molar-refractivity contribution in [1.29, 1.82) is 0 Å². The van der Waals surface area contributed by atoms with Gasteiger partial charge in [-0.2, -0.15) is 0 Å². The third-order valence-corrected chi connectivity index (χ3v) is 2.18. The first-order chi connectivity index (χ1) is 6.24. The van der Waals surface area contributed by atoms with E-state index in [0.717, 1.165) is 16.7 Å². The Morgan fingerprint density at radius 3 is 3.15 bits per heavy atom. The molecule has 0 amide bonds. The Balaban J connectivity index is 2.75. The van der Waals surface area contributed by atoms with Crippen LogP contribution in [0.1, 0.15) is 12.5 Å². The van der Waals surface area contributed by atoms with Crippen molar-refractivity contribution < 1.29 is 14.6 Å². The highest BCUT2D eigenvalue weighted by Gasteiger charge is 2.01. The summed E-state index contributed by atoms with van der Waals surface area (Å²) < 4.78 is 5.28. The highest BCUT2D eigenvalue weighted by Crippen LogP contribution is 2.26. The quantitative estimate of drug-likeness (QED) is 0.755. The highest BCUT2D eigenvalue weighted by molar-refractivity contribution is 7.12. The molecule has 0 aliphatic rings. The lowest BCUT2D eigenvalue weighted by Gasteiger charge is -1.99. The predicted molar refractivity (Wildman–Crippen MR) is 52.2 cm³/mol. The van der Waals surface area contributed by atoms with Crippen LogP contribution in [-0.4, -0.2) is 17.7 Å². The Kier molecular flexibility index (Phi) is 3.52. The summed E-state index contributed by atoms with van der Waals surface area (Å²) in [7, 11) is 0. The maximum atomic E-state index is 10.2. The van der Waals surface area contributed by atoms with Crippen molar-refractivity contribution in [2.24, 2.45) is 0 Å². The number of hydrogen-bond acceptors (Lipinski definition) is 3. The fourth-order valence-electron chi connectivity index (χ4n) is 0.838. The van der Waals surface area contributed by atoms with Gasteiger partial charge in [-0.15, -0.1) is 11.3 Å². The van der Waals surface area contributed by atoms with Crippen LogP contribution in [0.2, 0.25) is 0 Å². The summed E-state index contributed by atoms with van der Waals surface area (Å²) in [6, 6.07) is 1.83. The number of carboxylic acid groups (broad SMARTS) is 1. The molecule has 0 aromatic carbocycles. The van der Waals surface area contributed by atoms with Gasteiger partial charge >= 0.3 is 5.97 Å². The molecule has 0 saturated carbocycles. The van der Waals surface area contributed by atoms with Gasteiger partial charge in [0, 0.05) is 11.6 Å². The molecule has 70 valence electrons. The summed E-state index contributed by atoms with van der Waals surface area (Å²) in [5.41, 5.74) is 0.814. The Morgan fingerprint density at radius 2 is 2.54 bits per heavy atom. The molecule has 0 spiro atoms. The lowest BCUT2D eigenvalue weighted by Crippen LogP contribution is -1.90. The molecule has 0 aliphatic carbocycles. The van der Waals surface area contributed by atoms with Crippen LogP contribution in [0, 0.1) is 0 Å². The molecular formula is C9H10O3S. The largest absolute Gasteiger partial charge is 0.484 e. The van der Waals surface area contributed by atoms with E-state index in [1.165, 1.54) is 17.4 Å². The fraction of sp³-hybridized carbons (Fsp3) is 0.222. The number of ether oxygens (including phenoxy) is 1. The molecule has 0 radical (unpaired) electrons. The monoisotopic (exact) mass is 198 g/mol. The molecule has 1 N–H and O–H groups in total. The normalized spacial score (nSPS) is 10.5. The van der Waals surface area contributed by atoms with E-state index in [2.05, 4.69) is 0 Å². The van der Waals surface area contributed by atoms with E-state index in [1.54, 1.807) is 0 Å². The third kappa shape index (κ3) is 2.91. The van der Waals surface area contributed by atoms with Crippen molar-refractivity contribution in [3.63, 3.8) is 0 Å². The van der Waals surface area contributed by atoms with Crippen molar-refractivity contribution in [2.75, 3.05) is 6.61 Å². The Labute approximate surface area is 80.3 Å². The molecule has 3 nitrogen and oxygen atoms in total. The number of carbonyl (C=O) groups is 1. The first kappa shape index (κ1) is 9.80. The van der Waals surface area contributed by atoms with Crippen LogP contribution < -0.4 is 4.74 Å². The summed E-state index contributed by atoms with van der Waals surface area (Å²) >= 11 is 1.46. The summed E-state index contributed by atoms with van der Waals surface area (Å²) in [5.74, 6) is -0.950. The smallest absolute Gasteiger partial charge is 0.328 e. The van der Waals surface area contributed by atoms with Crippen molar-refractivity contribution in [3.05, 3.63) is 23.1 Å². The van der Waals surface area contributed by atoms with E-state index in [9.17, 15) is 4.79 Å². The SMILES string of the molecule is CCOc1sccc1C=CC(=O)O. The zero-order valence-corrected chi connectivity index (χ0v) is 8.00. The molecule has 0 unspecified atom stereocenters. The van der Waals surface area contributed by atoms with Crippen LogP contribution >= 0.6 is 11.3 Å². The van der Waals surface area contributed by atoms with Gasteiger partial charge in [0.25, 0.3) is 0 Å². The molecule has 1 aromatic rings. The minimum absolute atomic E-state index is 0.592.